The monoisotopic (exact) mass is 254 g/mol. The van der Waals surface area contributed by atoms with Gasteiger partial charge in [-0.3, -0.25) is 4.79 Å². The van der Waals surface area contributed by atoms with E-state index >= 15 is 0 Å². The van der Waals surface area contributed by atoms with Gasteiger partial charge in [0.05, 0.1) is 0 Å². The maximum atomic E-state index is 11.2. The third-order valence-corrected chi connectivity index (χ3v) is 3.10. The van der Waals surface area contributed by atoms with E-state index in [0.717, 1.165) is 23.3 Å². The lowest BCUT2D eigenvalue weighted by molar-refractivity contribution is 0.101. The number of ketones is 1. The molecule has 0 aliphatic rings. The van der Waals surface area contributed by atoms with Crippen molar-refractivity contribution < 1.29 is 9.53 Å². The molecule has 0 N–H and O–H groups in total. The summed E-state index contributed by atoms with van der Waals surface area (Å²) in [6, 6.07) is 15.7. The first-order valence-corrected chi connectivity index (χ1v) is 6.50. The van der Waals surface area contributed by atoms with Crippen molar-refractivity contribution in [3.63, 3.8) is 0 Å². The summed E-state index contributed by atoms with van der Waals surface area (Å²) < 4.78 is 5.71. The van der Waals surface area contributed by atoms with Crippen molar-refractivity contribution in [1.82, 2.24) is 0 Å². The zero-order chi connectivity index (χ0) is 13.7. The minimum absolute atomic E-state index is 0.0858. The summed E-state index contributed by atoms with van der Waals surface area (Å²) in [5.41, 5.74) is 3.10. The molecule has 0 saturated heterocycles. The largest absolute Gasteiger partial charge is 0.489 e. The molecule has 0 bridgehead atoms. The summed E-state index contributed by atoms with van der Waals surface area (Å²) in [5, 5.41) is 0. The lowest BCUT2D eigenvalue weighted by Crippen LogP contribution is -1.97. The number of carbonyl (C=O) groups is 1. The Balaban J connectivity index is 1.95. The van der Waals surface area contributed by atoms with Gasteiger partial charge >= 0.3 is 0 Å². The highest BCUT2D eigenvalue weighted by atomic mass is 16.5. The van der Waals surface area contributed by atoms with E-state index in [2.05, 4.69) is 19.1 Å². The van der Waals surface area contributed by atoms with Gasteiger partial charge < -0.3 is 4.74 Å². The maximum absolute atomic E-state index is 11.2. The first-order valence-electron chi connectivity index (χ1n) is 6.50. The zero-order valence-electron chi connectivity index (χ0n) is 11.3. The van der Waals surface area contributed by atoms with Crippen LogP contribution >= 0.6 is 0 Å². The predicted molar refractivity (Wildman–Crippen MR) is 76.6 cm³/mol. The lowest BCUT2D eigenvalue weighted by atomic mass is 10.1. The van der Waals surface area contributed by atoms with E-state index in [4.69, 9.17) is 4.74 Å². The quantitative estimate of drug-likeness (QED) is 0.753. The fourth-order valence-corrected chi connectivity index (χ4v) is 1.82. The molecule has 0 saturated carbocycles. The van der Waals surface area contributed by atoms with Crippen LogP contribution < -0.4 is 4.74 Å². The van der Waals surface area contributed by atoms with Crippen molar-refractivity contribution in [1.29, 1.82) is 0 Å². The van der Waals surface area contributed by atoms with Crippen LogP contribution in [0.5, 0.6) is 5.75 Å². The van der Waals surface area contributed by atoms with Crippen LogP contribution in [-0.2, 0) is 13.0 Å². The van der Waals surface area contributed by atoms with Crippen LogP contribution in [0, 0.1) is 0 Å². The smallest absolute Gasteiger partial charge is 0.159 e. The highest BCUT2D eigenvalue weighted by Crippen LogP contribution is 2.15. The van der Waals surface area contributed by atoms with E-state index in [1.807, 2.05) is 36.4 Å². The van der Waals surface area contributed by atoms with Crippen molar-refractivity contribution in [3.8, 4) is 5.75 Å². The molecule has 2 heteroatoms. The molecule has 0 aliphatic heterocycles. The summed E-state index contributed by atoms with van der Waals surface area (Å²) in [6.45, 7) is 4.22. The lowest BCUT2D eigenvalue weighted by Gasteiger charge is -2.07. The Morgan fingerprint density at radius 2 is 1.53 bits per heavy atom. The molecule has 19 heavy (non-hydrogen) atoms. The summed E-state index contributed by atoms with van der Waals surface area (Å²) in [5.74, 6) is 0.954. The van der Waals surface area contributed by atoms with Gasteiger partial charge in [-0.2, -0.15) is 0 Å². The predicted octanol–water partition coefficient (Wildman–Crippen LogP) is 4.03. The molecule has 98 valence electrons. The van der Waals surface area contributed by atoms with Crippen LogP contribution in [0.15, 0.2) is 48.5 Å². The van der Waals surface area contributed by atoms with Crippen LogP contribution in [-0.4, -0.2) is 5.78 Å². The molecule has 2 aromatic carbocycles. The molecular weight excluding hydrogens is 236 g/mol. The van der Waals surface area contributed by atoms with Gasteiger partial charge in [0.1, 0.15) is 12.4 Å². The van der Waals surface area contributed by atoms with Gasteiger partial charge in [-0.25, -0.2) is 0 Å². The maximum Gasteiger partial charge on any atom is 0.159 e. The average Bonchev–Trinajstić information content (AvgIpc) is 2.46. The number of carbonyl (C=O) groups excluding carboxylic acids is 1. The number of hydrogen-bond donors (Lipinski definition) is 0. The molecule has 0 heterocycles. The molecule has 0 aliphatic carbocycles. The van der Waals surface area contributed by atoms with Gasteiger partial charge in [0, 0.05) is 5.56 Å². The Morgan fingerprint density at radius 3 is 2.05 bits per heavy atom. The van der Waals surface area contributed by atoms with Gasteiger partial charge in [-0.15, -0.1) is 0 Å². The van der Waals surface area contributed by atoms with E-state index in [1.54, 1.807) is 6.92 Å². The van der Waals surface area contributed by atoms with Crippen molar-refractivity contribution in [2.24, 2.45) is 0 Å². The van der Waals surface area contributed by atoms with Gasteiger partial charge in [0.2, 0.25) is 0 Å². The number of Topliss-reactive ketones (excluding diaryl/α,β-unsaturated/α-hetero) is 1. The standard InChI is InChI=1S/C17H18O2/c1-3-14-6-10-17(11-7-14)19-12-15-4-8-16(9-5-15)13(2)18/h4-11H,3,12H2,1-2H3. The summed E-state index contributed by atoms with van der Waals surface area (Å²) >= 11 is 0. The molecule has 0 unspecified atom stereocenters. The van der Waals surface area contributed by atoms with E-state index in [9.17, 15) is 4.79 Å². The molecule has 0 amide bonds. The third kappa shape index (κ3) is 3.68. The Bertz CT molecular complexity index is 538. The van der Waals surface area contributed by atoms with Crippen LogP contribution in [0.4, 0.5) is 0 Å². The van der Waals surface area contributed by atoms with E-state index in [0.29, 0.717) is 6.61 Å². The van der Waals surface area contributed by atoms with E-state index in [-0.39, 0.29) is 5.78 Å². The van der Waals surface area contributed by atoms with E-state index < -0.39 is 0 Å². The van der Waals surface area contributed by atoms with Gasteiger partial charge in [-0.1, -0.05) is 43.3 Å². The average molecular weight is 254 g/mol. The number of benzene rings is 2. The summed E-state index contributed by atoms with van der Waals surface area (Å²) in [7, 11) is 0. The second kappa shape index (κ2) is 6.19. The molecule has 0 aromatic heterocycles. The number of rotatable bonds is 5. The Labute approximate surface area is 114 Å². The Morgan fingerprint density at radius 1 is 0.947 bits per heavy atom. The van der Waals surface area contributed by atoms with Crippen LogP contribution in [0.25, 0.3) is 0 Å². The first-order chi connectivity index (χ1) is 9.19. The van der Waals surface area contributed by atoms with Crippen molar-refractivity contribution in [3.05, 3.63) is 65.2 Å². The molecule has 0 atom stereocenters. The fraction of sp³-hybridized carbons (Fsp3) is 0.235. The Kier molecular flexibility index (Phi) is 4.35. The topological polar surface area (TPSA) is 26.3 Å². The SMILES string of the molecule is CCc1ccc(OCc2ccc(C(C)=O)cc2)cc1. The normalized spacial score (nSPS) is 10.2. The fourth-order valence-electron chi connectivity index (χ4n) is 1.82. The van der Waals surface area contributed by atoms with Crippen molar-refractivity contribution >= 4 is 5.78 Å². The Hall–Kier alpha value is -2.09. The van der Waals surface area contributed by atoms with Gasteiger partial charge in [0.15, 0.2) is 5.78 Å². The molecule has 0 radical (unpaired) electrons. The van der Waals surface area contributed by atoms with Crippen molar-refractivity contribution in [2.45, 2.75) is 26.9 Å². The van der Waals surface area contributed by atoms with Crippen LogP contribution in [0.3, 0.4) is 0 Å². The second-order valence-electron chi connectivity index (χ2n) is 4.54. The van der Waals surface area contributed by atoms with E-state index in [1.165, 1.54) is 5.56 Å². The van der Waals surface area contributed by atoms with Gasteiger partial charge in [-0.05, 0) is 36.6 Å². The second-order valence-corrected chi connectivity index (χ2v) is 4.54. The van der Waals surface area contributed by atoms with Gasteiger partial charge in [0.25, 0.3) is 0 Å². The highest BCUT2D eigenvalue weighted by Gasteiger charge is 2.00. The molecule has 0 fully saturated rings. The number of aryl methyl sites for hydroxylation is 1. The minimum atomic E-state index is 0.0858. The molecule has 2 aromatic rings. The van der Waals surface area contributed by atoms with Crippen molar-refractivity contribution in [2.75, 3.05) is 0 Å². The number of hydrogen-bond acceptors (Lipinski definition) is 2. The summed E-state index contributed by atoms with van der Waals surface area (Å²) in [4.78, 5) is 11.2. The third-order valence-electron chi connectivity index (χ3n) is 3.10. The zero-order valence-corrected chi connectivity index (χ0v) is 11.3. The number of ether oxygens (including phenoxy) is 1. The van der Waals surface area contributed by atoms with Crippen LogP contribution in [0.2, 0.25) is 0 Å². The molecular formula is C17H18O2. The highest BCUT2D eigenvalue weighted by molar-refractivity contribution is 5.93. The minimum Gasteiger partial charge on any atom is -0.489 e. The first kappa shape index (κ1) is 13.3. The molecule has 2 rings (SSSR count). The molecule has 0 spiro atoms. The summed E-state index contributed by atoms with van der Waals surface area (Å²) in [6.07, 6.45) is 1.03. The van der Waals surface area contributed by atoms with Crippen LogP contribution in [0.1, 0.15) is 35.3 Å². The molecule has 2 nitrogen and oxygen atoms in total.